The highest BCUT2D eigenvalue weighted by Gasteiger charge is 2.40. The van der Waals surface area contributed by atoms with Gasteiger partial charge < -0.3 is 5.11 Å². The summed E-state index contributed by atoms with van der Waals surface area (Å²) >= 11 is 0. The number of Topliss-reactive ketones (excluding diaryl/α,β-unsaturated/α-hetero) is 2. The Kier molecular flexibility index (Phi) is 16.8. The van der Waals surface area contributed by atoms with Crippen LogP contribution >= 0.6 is 0 Å². The smallest absolute Gasteiger partial charge is 0.183 e. The van der Waals surface area contributed by atoms with Gasteiger partial charge in [-0.1, -0.05) is 157 Å². The van der Waals surface area contributed by atoms with E-state index in [0.29, 0.717) is 47.9 Å². The molecule has 4 aromatic rings. The second kappa shape index (κ2) is 19.9. The van der Waals surface area contributed by atoms with Crippen molar-refractivity contribution in [2.45, 2.75) is 90.8 Å². The lowest BCUT2D eigenvalue weighted by Gasteiger charge is -2.38. The minimum Gasteiger partial charge on any atom is -0.384 e. The van der Waals surface area contributed by atoms with Crippen LogP contribution in [0.25, 0.3) is 0 Å². The van der Waals surface area contributed by atoms with E-state index in [1.807, 2.05) is 137 Å². The van der Waals surface area contributed by atoms with Gasteiger partial charge in [0.2, 0.25) is 0 Å². The molecule has 0 amide bonds. The lowest BCUT2D eigenvalue weighted by molar-refractivity contribution is 0.0661. The zero-order valence-corrected chi connectivity index (χ0v) is 31.7. The summed E-state index contributed by atoms with van der Waals surface area (Å²) < 4.78 is 0. The third-order valence-electron chi connectivity index (χ3n) is 9.38. The van der Waals surface area contributed by atoms with E-state index in [2.05, 4.69) is 52.0 Å². The van der Waals surface area contributed by atoms with E-state index in [1.54, 1.807) is 0 Å². The van der Waals surface area contributed by atoms with Crippen molar-refractivity contribution < 1.29 is 14.7 Å². The van der Waals surface area contributed by atoms with Crippen molar-refractivity contribution in [3.8, 4) is 0 Å². The fourth-order valence-corrected chi connectivity index (χ4v) is 6.32. The van der Waals surface area contributed by atoms with E-state index >= 15 is 0 Å². The Morgan fingerprint density at radius 2 is 0.837 bits per heavy atom. The van der Waals surface area contributed by atoms with Crippen molar-refractivity contribution in [1.82, 2.24) is 9.80 Å². The number of nitrogens with zero attached hydrogens (tertiary/aromatic N) is 2. The van der Waals surface area contributed by atoms with Crippen LogP contribution in [-0.2, 0) is 12.8 Å². The molecule has 49 heavy (non-hydrogen) atoms. The lowest BCUT2D eigenvalue weighted by atomic mass is 9.79. The summed E-state index contributed by atoms with van der Waals surface area (Å²) in [4.78, 5) is 31.9. The third-order valence-corrected chi connectivity index (χ3v) is 9.38. The van der Waals surface area contributed by atoms with Gasteiger partial charge in [0.05, 0.1) is 11.1 Å². The van der Waals surface area contributed by atoms with Crippen LogP contribution in [0.5, 0.6) is 0 Å². The van der Waals surface area contributed by atoms with E-state index in [4.69, 9.17) is 0 Å². The molecular weight excluding hydrogens is 604 g/mol. The number of aliphatic hydroxyl groups excluding tert-OH is 1. The zero-order chi connectivity index (χ0) is 36.6. The first-order chi connectivity index (χ1) is 23.5. The zero-order valence-electron chi connectivity index (χ0n) is 31.7. The molecule has 1 N–H and O–H groups in total. The van der Waals surface area contributed by atoms with Gasteiger partial charge in [-0.05, 0) is 76.1 Å². The summed E-state index contributed by atoms with van der Waals surface area (Å²) in [5.41, 5.74) is 3.50. The first-order valence-electron chi connectivity index (χ1n) is 17.9. The molecule has 0 radical (unpaired) electrons. The van der Waals surface area contributed by atoms with Crippen molar-refractivity contribution in [1.29, 1.82) is 0 Å². The Morgan fingerprint density at radius 3 is 1.08 bits per heavy atom. The van der Waals surface area contributed by atoms with Gasteiger partial charge in [0.15, 0.2) is 11.6 Å². The van der Waals surface area contributed by atoms with Crippen LogP contribution in [0, 0.1) is 0 Å². The molecule has 0 aromatic heterocycles. The molecule has 0 aliphatic heterocycles. The SMILES string of the molecule is CC.CCC.CCC(Cc1ccccc1)(C(=O)c1ccc(C(O)c2ccc(C(=O)C(CC)(Cc3ccccc3)N(C)C)cc2)cc1)N(C)C. The largest absolute Gasteiger partial charge is 0.384 e. The first kappa shape index (κ1) is 41.3. The summed E-state index contributed by atoms with van der Waals surface area (Å²) in [6.07, 6.45) is 2.93. The van der Waals surface area contributed by atoms with Gasteiger partial charge in [-0.2, -0.15) is 0 Å². The average Bonchev–Trinajstić information content (AvgIpc) is 3.14. The molecule has 4 aromatic carbocycles. The molecule has 5 heteroatoms. The fraction of sp³-hybridized carbons (Fsp3) is 0.409. The normalized spacial score (nSPS) is 14.0. The van der Waals surface area contributed by atoms with Crippen molar-refractivity contribution >= 4 is 11.6 Å². The highest BCUT2D eigenvalue weighted by atomic mass is 16.3. The maximum absolute atomic E-state index is 13.9. The second-order valence-electron chi connectivity index (χ2n) is 12.9. The highest BCUT2D eigenvalue weighted by molar-refractivity contribution is 6.04. The predicted octanol–water partition coefficient (Wildman–Crippen LogP) is 9.48. The standard InChI is InChI=1S/C39H46N2O3.C3H8.C2H6/c1-7-38(40(3)4,27-29-15-11-9-12-16-29)36(43)33-23-19-31(20-24-33)35(42)32-21-25-34(26-22-32)37(44)39(8-2,41(5)6)28-30-17-13-10-14-18-30;1-3-2;1-2/h9-26,35,42H,7-8,27-28H2,1-6H3;3H2,1-2H3;1-2H3. The summed E-state index contributed by atoms with van der Waals surface area (Å²) in [6.45, 7) is 12.4. The van der Waals surface area contributed by atoms with E-state index in [1.165, 1.54) is 6.42 Å². The maximum atomic E-state index is 13.9. The van der Waals surface area contributed by atoms with Gasteiger partial charge in [-0.15, -0.1) is 0 Å². The first-order valence-corrected chi connectivity index (χ1v) is 17.9. The molecule has 5 nitrogen and oxygen atoms in total. The molecule has 0 bridgehead atoms. The number of hydrogen-bond donors (Lipinski definition) is 1. The molecule has 0 aliphatic carbocycles. The van der Waals surface area contributed by atoms with Crippen LogP contribution in [0.1, 0.15) is 110 Å². The highest BCUT2D eigenvalue weighted by Crippen LogP contribution is 2.31. The summed E-state index contributed by atoms with van der Waals surface area (Å²) in [5, 5.41) is 11.2. The van der Waals surface area contributed by atoms with Gasteiger partial charge in [0.1, 0.15) is 6.10 Å². The maximum Gasteiger partial charge on any atom is 0.183 e. The van der Waals surface area contributed by atoms with Crippen LogP contribution in [0.4, 0.5) is 0 Å². The Morgan fingerprint density at radius 1 is 0.551 bits per heavy atom. The Hall–Kier alpha value is -3.90. The lowest BCUT2D eigenvalue weighted by Crippen LogP contribution is -2.52. The number of likely N-dealkylation sites (N-methyl/N-ethyl adjacent to an activating group) is 2. The minimum atomic E-state index is -0.883. The summed E-state index contributed by atoms with van der Waals surface area (Å²) in [5.74, 6) is 0.127. The van der Waals surface area contributed by atoms with Crippen molar-refractivity contribution in [3.63, 3.8) is 0 Å². The van der Waals surface area contributed by atoms with Crippen molar-refractivity contribution in [3.05, 3.63) is 143 Å². The molecular formula is C44H60N2O3. The molecule has 0 aliphatic rings. The number of rotatable bonds is 14. The van der Waals surface area contributed by atoms with Crippen molar-refractivity contribution in [2.24, 2.45) is 0 Å². The Bertz CT molecular complexity index is 1420. The van der Waals surface area contributed by atoms with Gasteiger partial charge >= 0.3 is 0 Å². The molecule has 4 rings (SSSR count). The predicted molar refractivity (Wildman–Crippen MR) is 207 cm³/mol. The monoisotopic (exact) mass is 664 g/mol. The Labute approximate surface area is 297 Å². The number of aliphatic hydroxyl groups is 1. The number of hydrogen-bond acceptors (Lipinski definition) is 5. The van der Waals surface area contributed by atoms with Gasteiger partial charge in [-0.3, -0.25) is 19.4 Å². The van der Waals surface area contributed by atoms with Gasteiger partial charge in [-0.25, -0.2) is 0 Å². The van der Waals surface area contributed by atoms with Gasteiger partial charge in [0.25, 0.3) is 0 Å². The van der Waals surface area contributed by atoms with E-state index < -0.39 is 17.2 Å². The second-order valence-corrected chi connectivity index (χ2v) is 12.9. The van der Waals surface area contributed by atoms with Crippen molar-refractivity contribution in [2.75, 3.05) is 28.2 Å². The number of benzene rings is 4. The number of carbonyl (C=O) groups is 2. The van der Waals surface area contributed by atoms with E-state index in [-0.39, 0.29) is 11.6 Å². The van der Waals surface area contributed by atoms with Crippen LogP contribution in [0.2, 0.25) is 0 Å². The third kappa shape index (κ3) is 10.1. The molecule has 0 fully saturated rings. The van der Waals surface area contributed by atoms with Crippen LogP contribution in [0.3, 0.4) is 0 Å². The quantitative estimate of drug-likeness (QED) is 0.136. The molecule has 0 heterocycles. The minimum absolute atomic E-state index is 0.0635. The van der Waals surface area contributed by atoms with Crippen LogP contribution in [0.15, 0.2) is 109 Å². The van der Waals surface area contributed by atoms with Crippen LogP contribution in [-0.4, -0.2) is 65.7 Å². The molecule has 2 unspecified atom stereocenters. The van der Waals surface area contributed by atoms with Gasteiger partial charge in [0, 0.05) is 11.1 Å². The van der Waals surface area contributed by atoms with Crippen LogP contribution < -0.4 is 0 Å². The fourth-order valence-electron chi connectivity index (χ4n) is 6.32. The molecule has 0 spiro atoms. The average molecular weight is 665 g/mol. The summed E-state index contributed by atoms with van der Waals surface area (Å²) in [7, 11) is 7.84. The molecule has 0 saturated carbocycles. The topological polar surface area (TPSA) is 60.9 Å². The molecule has 264 valence electrons. The molecule has 0 saturated heterocycles. The Balaban J connectivity index is 0.00000158. The van der Waals surface area contributed by atoms with E-state index in [0.717, 1.165) is 11.1 Å². The number of carbonyl (C=O) groups excluding carboxylic acids is 2. The molecule has 2 atom stereocenters. The summed E-state index contributed by atoms with van der Waals surface area (Å²) in [6, 6.07) is 34.8. The number of ketones is 2. The van der Waals surface area contributed by atoms with E-state index in [9.17, 15) is 14.7 Å².